The number of anilines is 1. The summed E-state index contributed by atoms with van der Waals surface area (Å²) in [5, 5.41) is 2.95. The van der Waals surface area contributed by atoms with Gasteiger partial charge in [-0.3, -0.25) is 9.59 Å². The van der Waals surface area contributed by atoms with Crippen molar-refractivity contribution < 1.29 is 9.59 Å². The summed E-state index contributed by atoms with van der Waals surface area (Å²) >= 11 is 1.56. The van der Waals surface area contributed by atoms with Crippen LogP contribution < -0.4 is 5.32 Å². The van der Waals surface area contributed by atoms with Gasteiger partial charge in [-0.15, -0.1) is 0 Å². The molecule has 5 heteroatoms. The molecule has 2 aliphatic rings. The van der Waals surface area contributed by atoms with Gasteiger partial charge in [0, 0.05) is 28.4 Å². The van der Waals surface area contributed by atoms with Gasteiger partial charge in [0.2, 0.25) is 0 Å². The maximum absolute atomic E-state index is 12.8. The molecule has 1 N–H and O–H groups in total. The smallest absolute Gasteiger partial charge is 0.256 e. The van der Waals surface area contributed by atoms with Crippen molar-refractivity contribution in [3.05, 3.63) is 53.6 Å². The fourth-order valence-corrected chi connectivity index (χ4v) is 4.31. The second kappa shape index (κ2) is 6.56. The van der Waals surface area contributed by atoms with Crippen LogP contribution in [0.15, 0.2) is 52.3 Å². The molecule has 2 aromatic carbocycles. The number of nitrogens with zero attached hydrogens (tertiary/aromatic N) is 1. The quantitative estimate of drug-likeness (QED) is 0.833. The monoisotopic (exact) mass is 352 g/mol. The van der Waals surface area contributed by atoms with Crippen LogP contribution >= 0.6 is 11.8 Å². The van der Waals surface area contributed by atoms with E-state index in [1.165, 1.54) is 0 Å². The Morgan fingerprint density at radius 1 is 1.12 bits per heavy atom. The number of fused-ring (bicyclic) bond motifs is 2. The summed E-state index contributed by atoms with van der Waals surface area (Å²) in [5.74, 6) is 0.610. The molecule has 4 rings (SSSR count). The molecule has 4 nitrogen and oxygen atoms in total. The normalized spacial score (nSPS) is 17.3. The first kappa shape index (κ1) is 16.2. The minimum absolute atomic E-state index is 0.0516. The number of hydrogen-bond donors (Lipinski definition) is 1. The molecule has 2 heterocycles. The molecule has 2 aliphatic heterocycles. The van der Waals surface area contributed by atoms with Crippen molar-refractivity contribution in [3.8, 4) is 0 Å². The number of carbonyl (C=O) groups is 2. The van der Waals surface area contributed by atoms with Crippen LogP contribution in [0, 0.1) is 5.92 Å². The molecule has 2 aromatic rings. The van der Waals surface area contributed by atoms with Crippen LogP contribution in [0.5, 0.6) is 0 Å². The summed E-state index contributed by atoms with van der Waals surface area (Å²) in [7, 11) is 0. The number of benzene rings is 2. The Hall–Kier alpha value is -2.27. The SMILES string of the molecule is CC1CCN(C(=O)c2ccc3c(c2)NC(=O)c2ccccc2S3)CC1. The van der Waals surface area contributed by atoms with E-state index in [4.69, 9.17) is 0 Å². The van der Waals surface area contributed by atoms with E-state index in [2.05, 4.69) is 12.2 Å². The first-order valence-corrected chi connectivity index (χ1v) is 9.45. The van der Waals surface area contributed by atoms with Gasteiger partial charge in [0.25, 0.3) is 11.8 Å². The van der Waals surface area contributed by atoms with E-state index in [-0.39, 0.29) is 11.8 Å². The first-order valence-electron chi connectivity index (χ1n) is 8.63. The number of rotatable bonds is 1. The Morgan fingerprint density at radius 2 is 1.88 bits per heavy atom. The lowest BCUT2D eigenvalue weighted by molar-refractivity contribution is 0.0697. The van der Waals surface area contributed by atoms with E-state index in [0.717, 1.165) is 35.7 Å². The minimum Gasteiger partial charge on any atom is -0.339 e. The number of carbonyl (C=O) groups excluding carboxylic acids is 2. The Kier molecular flexibility index (Phi) is 4.25. The van der Waals surface area contributed by atoms with Crippen molar-refractivity contribution in [1.29, 1.82) is 0 Å². The first-order chi connectivity index (χ1) is 12.1. The summed E-state index contributed by atoms with van der Waals surface area (Å²) < 4.78 is 0. The molecular weight excluding hydrogens is 332 g/mol. The van der Waals surface area contributed by atoms with Crippen LogP contribution in [-0.2, 0) is 0 Å². The third-order valence-electron chi connectivity index (χ3n) is 4.90. The molecule has 1 fully saturated rings. The third-order valence-corrected chi connectivity index (χ3v) is 6.05. The maximum atomic E-state index is 12.8. The molecule has 1 saturated heterocycles. The van der Waals surface area contributed by atoms with Crippen molar-refractivity contribution in [2.24, 2.45) is 5.92 Å². The van der Waals surface area contributed by atoms with Crippen molar-refractivity contribution in [2.75, 3.05) is 18.4 Å². The second-order valence-electron chi connectivity index (χ2n) is 6.74. The van der Waals surface area contributed by atoms with Gasteiger partial charge in [-0.05, 0) is 49.1 Å². The minimum atomic E-state index is -0.127. The van der Waals surface area contributed by atoms with Gasteiger partial charge >= 0.3 is 0 Å². The highest BCUT2D eigenvalue weighted by atomic mass is 32.2. The highest BCUT2D eigenvalue weighted by Crippen LogP contribution is 2.39. The molecule has 0 aromatic heterocycles. The van der Waals surface area contributed by atoms with E-state index in [0.29, 0.717) is 22.7 Å². The van der Waals surface area contributed by atoms with E-state index in [1.807, 2.05) is 47.4 Å². The highest BCUT2D eigenvalue weighted by molar-refractivity contribution is 7.99. The number of hydrogen-bond acceptors (Lipinski definition) is 3. The zero-order valence-electron chi connectivity index (χ0n) is 14.1. The summed E-state index contributed by atoms with van der Waals surface area (Å²) in [4.78, 5) is 29.1. The van der Waals surface area contributed by atoms with Gasteiger partial charge in [0.1, 0.15) is 0 Å². The molecule has 25 heavy (non-hydrogen) atoms. The molecule has 128 valence electrons. The molecule has 0 aliphatic carbocycles. The lowest BCUT2D eigenvalue weighted by Crippen LogP contribution is -2.37. The van der Waals surface area contributed by atoms with Crippen LogP contribution in [0.3, 0.4) is 0 Å². The molecule has 0 bridgehead atoms. The Labute approximate surface area is 151 Å². The second-order valence-corrected chi connectivity index (χ2v) is 7.82. The summed E-state index contributed by atoms with van der Waals surface area (Å²) in [6, 6.07) is 13.2. The molecule has 0 atom stereocenters. The van der Waals surface area contributed by atoms with Gasteiger partial charge in [-0.2, -0.15) is 0 Å². The van der Waals surface area contributed by atoms with Crippen LogP contribution in [0.25, 0.3) is 0 Å². The Morgan fingerprint density at radius 3 is 2.68 bits per heavy atom. The average molecular weight is 352 g/mol. The van der Waals surface area contributed by atoms with Crippen LogP contribution in [-0.4, -0.2) is 29.8 Å². The van der Waals surface area contributed by atoms with Crippen molar-refractivity contribution in [3.63, 3.8) is 0 Å². The maximum Gasteiger partial charge on any atom is 0.256 e. The zero-order valence-corrected chi connectivity index (χ0v) is 14.9. The molecule has 2 amide bonds. The van der Waals surface area contributed by atoms with Crippen LogP contribution in [0.2, 0.25) is 0 Å². The Bertz CT molecular complexity index is 841. The summed E-state index contributed by atoms with van der Waals surface area (Å²) in [6.45, 7) is 3.85. The number of nitrogens with one attached hydrogen (secondary N) is 1. The van der Waals surface area contributed by atoms with Gasteiger partial charge < -0.3 is 10.2 Å². The molecular formula is C20H20N2O2S. The summed E-state index contributed by atoms with van der Waals surface area (Å²) in [6.07, 6.45) is 2.11. The lowest BCUT2D eigenvalue weighted by atomic mass is 9.98. The van der Waals surface area contributed by atoms with E-state index >= 15 is 0 Å². The van der Waals surface area contributed by atoms with Gasteiger partial charge in [-0.25, -0.2) is 0 Å². The highest BCUT2D eigenvalue weighted by Gasteiger charge is 2.24. The van der Waals surface area contributed by atoms with Crippen LogP contribution in [0.4, 0.5) is 5.69 Å². The molecule has 0 spiro atoms. The zero-order chi connectivity index (χ0) is 17.4. The summed E-state index contributed by atoms with van der Waals surface area (Å²) in [5.41, 5.74) is 2.02. The predicted octanol–water partition coefficient (Wildman–Crippen LogP) is 4.28. The van der Waals surface area contributed by atoms with Gasteiger partial charge in [0.15, 0.2) is 0 Å². The van der Waals surface area contributed by atoms with Crippen molar-refractivity contribution >= 4 is 29.3 Å². The topological polar surface area (TPSA) is 49.4 Å². The molecule has 0 saturated carbocycles. The van der Waals surface area contributed by atoms with Gasteiger partial charge in [-0.1, -0.05) is 30.8 Å². The third kappa shape index (κ3) is 3.16. The van der Waals surface area contributed by atoms with Gasteiger partial charge in [0.05, 0.1) is 11.3 Å². The molecule has 0 radical (unpaired) electrons. The predicted molar refractivity (Wildman–Crippen MR) is 99.3 cm³/mol. The number of likely N-dealkylation sites (tertiary alicyclic amines) is 1. The van der Waals surface area contributed by atoms with Crippen LogP contribution in [0.1, 0.15) is 40.5 Å². The van der Waals surface area contributed by atoms with E-state index < -0.39 is 0 Å². The largest absolute Gasteiger partial charge is 0.339 e. The number of amides is 2. The fourth-order valence-electron chi connectivity index (χ4n) is 3.30. The lowest BCUT2D eigenvalue weighted by Gasteiger charge is -2.30. The van der Waals surface area contributed by atoms with Crippen molar-refractivity contribution in [1.82, 2.24) is 4.90 Å². The Balaban J connectivity index is 1.62. The van der Waals surface area contributed by atoms with E-state index in [1.54, 1.807) is 11.8 Å². The molecule has 0 unspecified atom stereocenters. The van der Waals surface area contributed by atoms with Crippen molar-refractivity contribution in [2.45, 2.75) is 29.6 Å². The fraction of sp³-hybridized carbons (Fsp3) is 0.300. The number of piperidine rings is 1. The standard InChI is InChI=1S/C20H20N2O2S/c1-13-8-10-22(11-9-13)20(24)14-6-7-18-16(12-14)21-19(23)15-4-2-3-5-17(15)25-18/h2-7,12-13H,8-11H2,1H3,(H,21,23). The average Bonchev–Trinajstić information content (AvgIpc) is 2.77. The van der Waals surface area contributed by atoms with E-state index in [9.17, 15) is 9.59 Å².